The molecule has 0 aromatic heterocycles. The number of hydrogen-bond donors (Lipinski definition) is 0. The molecule has 0 saturated carbocycles. The second-order valence-corrected chi connectivity index (χ2v) is 7.79. The van der Waals surface area contributed by atoms with Crippen LogP contribution in [-0.4, -0.2) is 10.9 Å². The van der Waals surface area contributed by atoms with E-state index in [0.717, 1.165) is 30.4 Å². The van der Waals surface area contributed by atoms with Gasteiger partial charge in [0.2, 0.25) is 0 Å². The van der Waals surface area contributed by atoms with Crippen molar-refractivity contribution >= 4 is 5.70 Å². The smallest absolute Gasteiger partial charge is 0.0491 e. The minimum atomic E-state index is 0.516. The maximum atomic E-state index is 4.30. The molecule has 1 aromatic rings. The van der Waals surface area contributed by atoms with Crippen molar-refractivity contribution in [2.24, 2.45) is 0 Å². The van der Waals surface area contributed by atoms with Crippen LogP contribution in [0.2, 0.25) is 0 Å². The van der Waals surface area contributed by atoms with E-state index in [1.165, 1.54) is 47.2 Å². The molecule has 2 aliphatic rings. The summed E-state index contributed by atoms with van der Waals surface area (Å²) in [5, 5.41) is 0. The van der Waals surface area contributed by atoms with Crippen LogP contribution in [0.15, 0.2) is 54.3 Å². The fourth-order valence-electron chi connectivity index (χ4n) is 4.28. The first-order chi connectivity index (χ1) is 12.5. The molecule has 2 heterocycles. The molecule has 0 spiro atoms. The maximum Gasteiger partial charge on any atom is 0.0491 e. The van der Waals surface area contributed by atoms with Crippen molar-refractivity contribution in [3.63, 3.8) is 0 Å². The van der Waals surface area contributed by atoms with Crippen LogP contribution < -0.4 is 0 Å². The van der Waals surface area contributed by atoms with E-state index in [-0.39, 0.29) is 0 Å². The third-order valence-corrected chi connectivity index (χ3v) is 5.87. The number of fused-ring (bicyclic) bond motifs is 3. The molecule has 0 N–H and O–H groups in total. The van der Waals surface area contributed by atoms with Crippen LogP contribution in [0, 0.1) is 0 Å². The summed E-state index contributed by atoms with van der Waals surface area (Å²) in [6.07, 6.45) is 11.7. The van der Waals surface area contributed by atoms with Crippen molar-refractivity contribution in [2.75, 3.05) is 0 Å². The van der Waals surface area contributed by atoms with Gasteiger partial charge in [0, 0.05) is 23.5 Å². The molecular weight excluding hydrogens is 314 g/mol. The highest BCUT2D eigenvalue weighted by Crippen LogP contribution is 2.41. The van der Waals surface area contributed by atoms with Gasteiger partial charge in [0.25, 0.3) is 0 Å². The van der Waals surface area contributed by atoms with Gasteiger partial charge in [0.1, 0.15) is 0 Å². The largest absolute Gasteiger partial charge is 0.343 e. The van der Waals surface area contributed by atoms with Crippen LogP contribution in [0.1, 0.15) is 69.2 Å². The summed E-state index contributed by atoms with van der Waals surface area (Å²) in [4.78, 5) is 2.48. The van der Waals surface area contributed by atoms with Gasteiger partial charge in [-0.05, 0) is 84.6 Å². The number of aryl methyl sites for hydroxylation is 2. The predicted molar refractivity (Wildman–Crippen MR) is 114 cm³/mol. The molecule has 1 atom stereocenters. The van der Waals surface area contributed by atoms with Crippen molar-refractivity contribution in [1.82, 2.24) is 4.90 Å². The monoisotopic (exact) mass is 347 g/mol. The number of allylic oxidation sites excluding steroid dienone is 4. The highest BCUT2D eigenvalue weighted by molar-refractivity contribution is 5.77. The fourth-order valence-corrected chi connectivity index (χ4v) is 4.28. The van der Waals surface area contributed by atoms with Gasteiger partial charge in [-0.25, -0.2) is 0 Å². The first-order valence-corrected chi connectivity index (χ1v) is 10.2. The van der Waals surface area contributed by atoms with Crippen molar-refractivity contribution < 1.29 is 0 Å². The summed E-state index contributed by atoms with van der Waals surface area (Å²) in [6.45, 7) is 17.4. The third kappa shape index (κ3) is 3.32. The molecule has 1 aromatic carbocycles. The highest BCUT2D eigenvalue weighted by Gasteiger charge is 2.31. The lowest BCUT2D eigenvalue weighted by molar-refractivity contribution is 0.352. The quantitative estimate of drug-likeness (QED) is 0.560. The molecule has 0 bridgehead atoms. The van der Waals surface area contributed by atoms with Gasteiger partial charge in [0.15, 0.2) is 0 Å². The second-order valence-electron chi connectivity index (χ2n) is 7.79. The van der Waals surface area contributed by atoms with E-state index in [0.29, 0.717) is 6.04 Å². The van der Waals surface area contributed by atoms with Crippen LogP contribution in [0.3, 0.4) is 0 Å². The van der Waals surface area contributed by atoms with Crippen molar-refractivity contribution in [3.05, 3.63) is 76.5 Å². The highest BCUT2D eigenvalue weighted by atomic mass is 15.2. The summed E-state index contributed by atoms with van der Waals surface area (Å²) in [5.74, 6) is 0. The Hall–Kier alpha value is -2.02. The predicted octanol–water partition coefficient (Wildman–Crippen LogP) is 6.60. The van der Waals surface area contributed by atoms with Gasteiger partial charge in [-0.2, -0.15) is 0 Å². The van der Waals surface area contributed by atoms with Crippen LogP contribution in [0.5, 0.6) is 0 Å². The lowest BCUT2D eigenvalue weighted by atomic mass is 9.83. The molecule has 0 fully saturated rings. The summed E-state index contributed by atoms with van der Waals surface area (Å²) >= 11 is 0. The Morgan fingerprint density at radius 3 is 2.58 bits per heavy atom. The summed E-state index contributed by atoms with van der Waals surface area (Å²) in [6, 6.07) is 5.48. The Morgan fingerprint density at radius 2 is 1.96 bits per heavy atom. The van der Waals surface area contributed by atoms with Gasteiger partial charge >= 0.3 is 0 Å². The Kier molecular flexibility index (Phi) is 5.55. The average Bonchev–Trinajstić information content (AvgIpc) is 2.64. The summed E-state index contributed by atoms with van der Waals surface area (Å²) < 4.78 is 0. The molecule has 1 unspecified atom stereocenters. The van der Waals surface area contributed by atoms with E-state index in [4.69, 9.17) is 0 Å². The lowest BCUT2D eigenvalue weighted by Crippen LogP contribution is -2.37. The van der Waals surface area contributed by atoms with E-state index in [2.05, 4.69) is 70.2 Å². The van der Waals surface area contributed by atoms with Crippen LogP contribution >= 0.6 is 0 Å². The molecule has 0 aliphatic carbocycles. The van der Waals surface area contributed by atoms with E-state index in [9.17, 15) is 0 Å². The number of hydrogen-bond acceptors (Lipinski definition) is 1. The Labute approximate surface area is 159 Å². The van der Waals surface area contributed by atoms with Crippen LogP contribution in [0.4, 0.5) is 0 Å². The van der Waals surface area contributed by atoms with E-state index in [1.807, 2.05) is 0 Å². The Balaban J connectivity index is 2.10. The minimum absolute atomic E-state index is 0.516. The molecular formula is C25H33N. The summed E-state index contributed by atoms with van der Waals surface area (Å²) in [7, 11) is 0. The van der Waals surface area contributed by atoms with E-state index in [1.54, 1.807) is 5.56 Å². The molecule has 0 radical (unpaired) electrons. The zero-order valence-electron chi connectivity index (χ0n) is 17.0. The van der Waals surface area contributed by atoms with E-state index < -0.39 is 0 Å². The van der Waals surface area contributed by atoms with Crippen molar-refractivity contribution in [2.45, 2.75) is 72.3 Å². The SMILES string of the molecule is C=C(C)C1=CN2C(=CC1=C)c1cc(CC)c(CCCC)cc1CC2CC. The zero-order valence-corrected chi connectivity index (χ0v) is 17.0. The zero-order chi connectivity index (χ0) is 18.8. The maximum absolute atomic E-state index is 4.30. The van der Waals surface area contributed by atoms with Gasteiger partial charge in [-0.1, -0.05) is 46.4 Å². The average molecular weight is 348 g/mol. The molecule has 138 valence electrons. The number of benzene rings is 1. The Morgan fingerprint density at radius 1 is 1.19 bits per heavy atom. The molecule has 3 rings (SSSR count). The van der Waals surface area contributed by atoms with Gasteiger partial charge in [-0.15, -0.1) is 0 Å². The minimum Gasteiger partial charge on any atom is -0.343 e. The molecule has 1 nitrogen and oxygen atoms in total. The number of rotatable bonds is 6. The summed E-state index contributed by atoms with van der Waals surface area (Å²) in [5.41, 5.74) is 10.7. The van der Waals surface area contributed by atoms with Crippen molar-refractivity contribution in [3.8, 4) is 0 Å². The first kappa shape index (κ1) is 18.8. The molecule has 2 aliphatic heterocycles. The number of unbranched alkanes of at least 4 members (excludes halogenated alkanes) is 1. The normalized spacial score (nSPS) is 18.8. The van der Waals surface area contributed by atoms with E-state index >= 15 is 0 Å². The topological polar surface area (TPSA) is 3.24 Å². The molecule has 0 saturated heterocycles. The fraction of sp³-hybridized carbons (Fsp3) is 0.440. The van der Waals surface area contributed by atoms with Gasteiger partial charge < -0.3 is 4.90 Å². The van der Waals surface area contributed by atoms with Crippen LogP contribution in [0.25, 0.3) is 5.70 Å². The first-order valence-electron chi connectivity index (χ1n) is 10.2. The second kappa shape index (κ2) is 7.70. The Bertz CT molecular complexity index is 791. The van der Waals surface area contributed by atoms with Crippen LogP contribution in [-0.2, 0) is 19.3 Å². The van der Waals surface area contributed by atoms with Gasteiger partial charge in [0.05, 0.1) is 0 Å². The number of nitrogens with zero attached hydrogens (tertiary/aromatic N) is 1. The van der Waals surface area contributed by atoms with Crippen molar-refractivity contribution in [1.29, 1.82) is 0 Å². The van der Waals surface area contributed by atoms with Gasteiger partial charge in [-0.3, -0.25) is 0 Å². The standard InChI is InChI=1S/C25H33N/c1-7-10-11-20-13-21-14-22(9-3)26-16-24(17(4)5)18(6)12-25(26)23(21)15-19(20)8-2/h12-13,15-16,22H,4,6-11,14H2,1-3,5H3. The molecule has 26 heavy (non-hydrogen) atoms. The molecule has 1 heteroatoms. The third-order valence-electron chi connectivity index (χ3n) is 5.87. The lowest BCUT2D eigenvalue weighted by Gasteiger charge is -2.41. The molecule has 0 amide bonds.